The molecule has 94 valence electrons. The molecule has 1 aromatic heterocycles. The molecule has 0 spiro atoms. The summed E-state index contributed by atoms with van der Waals surface area (Å²) in [5.41, 5.74) is 2.59. The topological polar surface area (TPSA) is 76.3 Å². The lowest BCUT2D eigenvalue weighted by Gasteiger charge is -1.94. The van der Waals surface area contributed by atoms with E-state index in [2.05, 4.69) is 9.97 Å². The number of nitrogens with one attached hydrogen (secondary N) is 1. The molecule has 0 aliphatic heterocycles. The highest BCUT2D eigenvalue weighted by Crippen LogP contribution is 2.23. The lowest BCUT2D eigenvalue weighted by Crippen LogP contribution is -1.83. The fourth-order valence-electron chi connectivity index (χ4n) is 1.99. The van der Waals surface area contributed by atoms with E-state index in [0.29, 0.717) is 22.4 Å². The summed E-state index contributed by atoms with van der Waals surface area (Å²) in [7, 11) is 0. The Labute approximate surface area is 113 Å². The standard InChI is InChI=1S/C15H7FN4/c16-12-3-1-9(2-4-12)15-19-13-5-10(7-17)11(8-18)6-14(13)20-15/h1-6H,(H,19,20). The number of aromatic nitrogens is 2. The molecule has 0 radical (unpaired) electrons. The van der Waals surface area contributed by atoms with E-state index in [1.165, 1.54) is 12.1 Å². The van der Waals surface area contributed by atoms with Crippen molar-refractivity contribution in [1.82, 2.24) is 9.97 Å². The van der Waals surface area contributed by atoms with Crippen LogP contribution in [-0.2, 0) is 0 Å². The van der Waals surface area contributed by atoms with Crippen molar-refractivity contribution in [3.8, 4) is 23.5 Å². The summed E-state index contributed by atoms with van der Waals surface area (Å²) in [5.74, 6) is 0.252. The van der Waals surface area contributed by atoms with E-state index in [4.69, 9.17) is 10.5 Å². The zero-order valence-electron chi connectivity index (χ0n) is 10.2. The van der Waals surface area contributed by atoms with Crippen LogP contribution in [0, 0.1) is 28.5 Å². The maximum atomic E-state index is 12.9. The van der Waals surface area contributed by atoms with E-state index < -0.39 is 0 Å². The number of nitrogens with zero attached hydrogens (tertiary/aromatic N) is 3. The minimum Gasteiger partial charge on any atom is -0.338 e. The second-order valence-corrected chi connectivity index (χ2v) is 4.23. The van der Waals surface area contributed by atoms with Gasteiger partial charge in [-0.3, -0.25) is 0 Å². The fourth-order valence-corrected chi connectivity index (χ4v) is 1.99. The van der Waals surface area contributed by atoms with E-state index >= 15 is 0 Å². The van der Waals surface area contributed by atoms with Gasteiger partial charge in [-0.15, -0.1) is 0 Å². The Balaban J connectivity index is 2.19. The average Bonchev–Trinajstić information content (AvgIpc) is 2.89. The summed E-state index contributed by atoms with van der Waals surface area (Å²) in [4.78, 5) is 7.42. The van der Waals surface area contributed by atoms with Crippen LogP contribution < -0.4 is 0 Å². The van der Waals surface area contributed by atoms with Gasteiger partial charge in [0.15, 0.2) is 0 Å². The van der Waals surface area contributed by atoms with Crippen LogP contribution in [0.4, 0.5) is 4.39 Å². The molecule has 0 amide bonds. The van der Waals surface area contributed by atoms with Gasteiger partial charge in [-0.1, -0.05) is 0 Å². The van der Waals surface area contributed by atoms with E-state index in [9.17, 15) is 4.39 Å². The van der Waals surface area contributed by atoms with Crippen molar-refractivity contribution < 1.29 is 4.39 Å². The van der Waals surface area contributed by atoms with Gasteiger partial charge in [0.25, 0.3) is 0 Å². The predicted octanol–water partition coefficient (Wildman–Crippen LogP) is 3.11. The summed E-state index contributed by atoms with van der Waals surface area (Å²) in [5, 5.41) is 18.0. The monoisotopic (exact) mass is 262 g/mol. The number of fused-ring (bicyclic) bond motifs is 1. The van der Waals surface area contributed by atoms with Gasteiger partial charge in [0.05, 0.1) is 22.2 Å². The van der Waals surface area contributed by atoms with Crippen molar-refractivity contribution in [2.24, 2.45) is 0 Å². The number of aromatic amines is 1. The summed E-state index contributed by atoms with van der Waals surface area (Å²) in [6.07, 6.45) is 0. The minimum absolute atomic E-state index is 0.289. The van der Waals surface area contributed by atoms with Gasteiger partial charge in [0.1, 0.15) is 23.8 Å². The van der Waals surface area contributed by atoms with Gasteiger partial charge < -0.3 is 4.98 Å². The van der Waals surface area contributed by atoms with Crippen molar-refractivity contribution in [2.45, 2.75) is 0 Å². The molecule has 0 atom stereocenters. The number of nitriles is 2. The number of halogens is 1. The van der Waals surface area contributed by atoms with Crippen LogP contribution >= 0.6 is 0 Å². The fraction of sp³-hybridized carbons (Fsp3) is 0. The number of benzene rings is 2. The van der Waals surface area contributed by atoms with Crippen LogP contribution in [0.3, 0.4) is 0 Å². The minimum atomic E-state index is -0.316. The highest BCUT2D eigenvalue weighted by Gasteiger charge is 2.09. The van der Waals surface area contributed by atoms with E-state index in [-0.39, 0.29) is 11.4 Å². The van der Waals surface area contributed by atoms with Gasteiger partial charge in [-0.2, -0.15) is 10.5 Å². The molecule has 1 N–H and O–H groups in total. The third kappa shape index (κ3) is 1.88. The van der Waals surface area contributed by atoms with Gasteiger partial charge in [-0.05, 0) is 36.4 Å². The smallest absolute Gasteiger partial charge is 0.138 e. The van der Waals surface area contributed by atoms with Gasteiger partial charge in [0, 0.05) is 5.56 Å². The van der Waals surface area contributed by atoms with Crippen molar-refractivity contribution in [3.05, 3.63) is 53.3 Å². The maximum absolute atomic E-state index is 12.9. The number of hydrogen-bond acceptors (Lipinski definition) is 3. The molecule has 3 aromatic rings. The molecule has 3 rings (SSSR count). The number of H-pyrrole nitrogens is 1. The number of rotatable bonds is 1. The van der Waals surface area contributed by atoms with E-state index in [1.807, 2.05) is 12.1 Å². The summed E-state index contributed by atoms with van der Waals surface area (Å²) in [6.45, 7) is 0. The normalized spacial score (nSPS) is 10.2. The first-order valence-corrected chi connectivity index (χ1v) is 5.81. The molecule has 0 bridgehead atoms. The SMILES string of the molecule is N#Cc1cc2nc(-c3ccc(F)cc3)[nH]c2cc1C#N. The number of imidazole rings is 1. The first-order chi connectivity index (χ1) is 9.71. The average molecular weight is 262 g/mol. The van der Waals surface area contributed by atoms with Crippen LogP contribution in [0.25, 0.3) is 22.4 Å². The van der Waals surface area contributed by atoms with Crippen LogP contribution in [0.15, 0.2) is 36.4 Å². The van der Waals surface area contributed by atoms with Crippen LogP contribution in [0.1, 0.15) is 11.1 Å². The first-order valence-electron chi connectivity index (χ1n) is 5.81. The molecule has 0 aliphatic rings. The highest BCUT2D eigenvalue weighted by atomic mass is 19.1. The third-order valence-corrected chi connectivity index (χ3v) is 2.98. The molecule has 0 unspecified atom stereocenters. The Morgan fingerprint density at radius 1 is 1.00 bits per heavy atom. The highest BCUT2D eigenvalue weighted by molar-refractivity contribution is 5.82. The Morgan fingerprint density at radius 3 is 2.30 bits per heavy atom. The second-order valence-electron chi connectivity index (χ2n) is 4.23. The molecule has 20 heavy (non-hydrogen) atoms. The number of hydrogen-bond donors (Lipinski definition) is 1. The molecule has 2 aromatic carbocycles. The molecule has 5 heteroatoms. The zero-order chi connectivity index (χ0) is 14.1. The van der Waals surface area contributed by atoms with Gasteiger partial charge in [0.2, 0.25) is 0 Å². The summed E-state index contributed by atoms with van der Waals surface area (Å²) >= 11 is 0. The van der Waals surface area contributed by atoms with Gasteiger partial charge in [-0.25, -0.2) is 9.37 Å². The molecule has 0 aliphatic carbocycles. The van der Waals surface area contributed by atoms with Crippen molar-refractivity contribution in [3.63, 3.8) is 0 Å². The van der Waals surface area contributed by atoms with Crippen LogP contribution in [0.5, 0.6) is 0 Å². The molecule has 0 saturated heterocycles. The molecule has 0 saturated carbocycles. The predicted molar refractivity (Wildman–Crippen MR) is 70.9 cm³/mol. The second kappa shape index (κ2) is 4.49. The molecule has 1 heterocycles. The third-order valence-electron chi connectivity index (χ3n) is 2.98. The van der Waals surface area contributed by atoms with E-state index in [1.54, 1.807) is 24.3 Å². The van der Waals surface area contributed by atoms with Crippen LogP contribution in [0.2, 0.25) is 0 Å². The molecule has 4 nitrogen and oxygen atoms in total. The Kier molecular flexibility index (Phi) is 2.67. The van der Waals surface area contributed by atoms with Crippen molar-refractivity contribution in [1.29, 1.82) is 10.5 Å². The lowest BCUT2D eigenvalue weighted by atomic mass is 10.1. The largest absolute Gasteiger partial charge is 0.338 e. The molecule has 0 fully saturated rings. The van der Waals surface area contributed by atoms with Crippen LogP contribution in [-0.4, -0.2) is 9.97 Å². The quantitative estimate of drug-likeness (QED) is 0.732. The summed E-state index contributed by atoms with van der Waals surface area (Å²) < 4.78 is 12.9. The Bertz CT molecular complexity index is 828. The van der Waals surface area contributed by atoms with Gasteiger partial charge >= 0.3 is 0 Å². The summed E-state index contributed by atoms with van der Waals surface area (Å²) in [6, 6.07) is 13.0. The first kappa shape index (κ1) is 11.9. The Hall–Kier alpha value is -3.18. The van der Waals surface area contributed by atoms with Crippen molar-refractivity contribution >= 4 is 11.0 Å². The lowest BCUT2D eigenvalue weighted by molar-refractivity contribution is 0.628. The molecular formula is C15H7FN4. The maximum Gasteiger partial charge on any atom is 0.138 e. The zero-order valence-corrected chi connectivity index (χ0v) is 10.2. The van der Waals surface area contributed by atoms with E-state index in [0.717, 1.165) is 5.56 Å². The van der Waals surface area contributed by atoms with Crippen molar-refractivity contribution in [2.75, 3.05) is 0 Å². The Morgan fingerprint density at radius 2 is 1.65 bits per heavy atom. The molecular weight excluding hydrogens is 255 g/mol.